The van der Waals surface area contributed by atoms with E-state index < -0.39 is 12.0 Å². The summed E-state index contributed by atoms with van der Waals surface area (Å²) in [5, 5.41) is 3.18. The highest BCUT2D eigenvalue weighted by Crippen LogP contribution is 2.03. The lowest BCUT2D eigenvalue weighted by atomic mass is 10.2. The minimum absolute atomic E-state index is 0.166. The van der Waals surface area contributed by atoms with Crippen LogP contribution in [0, 0.1) is 5.92 Å². The SMILES string of the molecule is C[C@@H](CBr)C(=O)N[C@H](C)C(=O)OCc1ccccc1. The standard InChI is InChI=1S/C14H18BrNO3/c1-10(8-15)13(17)16-11(2)14(18)19-9-12-6-4-3-5-7-12/h3-7,10-11H,8-9H2,1-2H3,(H,16,17)/t10-,11+/m0/s1. The van der Waals surface area contributed by atoms with Crippen LogP contribution in [0.25, 0.3) is 0 Å². The molecule has 0 bridgehead atoms. The Hall–Kier alpha value is -1.36. The van der Waals surface area contributed by atoms with Crippen LogP contribution in [0.1, 0.15) is 19.4 Å². The van der Waals surface area contributed by atoms with E-state index >= 15 is 0 Å². The van der Waals surface area contributed by atoms with Gasteiger partial charge < -0.3 is 10.1 Å². The molecule has 0 spiro atoms. The first-order chi connectivity index (χ1) is 9.04. The summed E-state index contributed by atoms with van der Waals surface area (Å²) in [4.78, 5) is 23.3. The highest BCUT2D eigenvalue weighted by molar-refractivity contribution is 9.09. The van der Waals surface area contributed by atoms with E-state index in [1.165, 1.54) is 0 Å². The van der Waals surface area contributed by atoms with Gasteiger partial charge in [-0.1, -0.05) is 53.2 Å². The van der Waals surface area contributed by atoms with Crippen LogP contribution in [0.15, 0.2) is 30.3 Å². The number of hydrogen-bond acceptors (Lipinski definition) is 3. The van der Waals surface area contributed by atoms with Gasteiger partial charge in [0.05, 0.1) is 0 Å². The van der Waals surface area contributed by atoms with E-state index in [1.807, 2.05) is 30.3 Å². The van der Waals surface area contributed by atoms with Gasteiger partial charge in [-0.05, 0) is 12.5 Å². The molecule has 5 heteroatoms. The van der Waals surface area contributed by atoms with Crippen LogP contribution in [-0.2, 0) is 20.9 Å². The maximum atomic E-state index is 11.7. The molecule has 0 saturated carbocycles. The van der Waals surface area contributed by atoms with Crippen molar-refractivity contribution in [3.05, 3.63) is 35.9 Å². The molecule has 0 aliphatic rings. The number of amides is 1. The lowest BCUT2D eigenvalue weighted by Crippen LogP contribution is -2.42. The molecule has 19 heavy (non-hydrogen) atoms. The Bertz CT molecular complexity index is 422. The van der Waals surface area contributed by atoms with Gasteiger partial charge >= 0.3 is 5.97 Å². The van der Waals surface area contributed by atoms with E-state index in [-0.39, 0.29) is 18.4 Å². The predicted octanol–water partition coefficient (Wildman–Crippen LogP) is 2.27. The molecule has 104 valence electrons. The third-order valence-corrected chi connectivity index (χ3v) is 3.59. The first-order valence-corrected chi connectivity index (χ1v) is 7.23. The molecule has 2 atom stereocenters. The van der Waals surface area contributed by atoms with Gasteiger partial charge in [-0.3, -0.25) is 4.79 Å². The Kier molecular flexibility index (Phi) is 6.56. The van der Waals surface area contributed by atoms with E-state index in [1.54, 1.807) is 13.8 Å². The van der Waals surface area contributed by atoms with Gasteiger partial charge in [-0.2, -0.15) is 0 Å². The zero-order valence-corrected chi connectivity index (χ0v) is 12.6. The molecule has 0 aromatic heterocycles. The van der Waals surface area contributed by atoms with Crippen molar-refractivity contribution in [3.63, 3.8) is 0 Å². The number of rotatable bonds is 6. The normalized spacial score (nSPS) is 13.4. The highest BCUT2D eigenvalue weighted by atomic mass is 79.9. The maximum absolute atomic E-state index is 11.7. The second-order valence-electron chi connectivity index (χ2n) is 4.38. The summed E-state index contributed by atoms with van der Waals surface area (Å²) in [6.45, 7) is 3.62. The first kappa shape index (κ1) is 15.7. The van der Waals surface area contributed by atoms with Crippen molar-refractivity contribution in [3.8, 4) is 0 Å². The zero-order chi connectivity index (χ0) is 14.3. The van der Waals surface area contributed by atoms with Crippen molar-refractivity contribution < 1.29 is 14.3 Å². The Balaban J connectivity index is 2.39. The molecule has 0 fully saturated rings. The largest absolute Gasteiger partial charge is 0.459 e. The highest BCUT2D eigenvalue weighted by Gasteiger charge is 2.19. The first-order valence-electron chi connectivity index (χ1n) is 6.11. The summed E-state index contributed by atoms with van der Waals surface area (Å²) < 4.78 is 5.14. The fraction of sp³-hybridized carbons (Fsp3) is 0.429. The summed E-state index contributed by atoms with van der Waals surface area (Å²) in [5.41, 5.74) is 0.920. The molecular weight excluding hydrogens is 310 g/mol. The molecule has 0 unspecified atom stereocenters. The second kappa shape index (κ2) is 7.94. The zero-order valence-electron chi connectivity index (χ0n) is 11.1. The topological polar surface area (TPSA) is 55.4 Å². The minimum atomic E-state index is -0.641. The quantitative estimate of drug-likeness (QED) is 0.644. The van der Waals surface area contributed by atoms with Crippen LogP contribution in [0.4, 0.5) is 0 Å². The van der Waals surface area contributed by atoms with E-state index in [4.69, 9.17) is 4.74 Å². The van der Waals surface area contributed by atoms with E-state index in [0.29, 0.717) is 5.33 Å². The number of halogens is 1. The summed E-state index contributed by atoms with van der Waals surface area (Å²) in [7, 11) is 0. The predicted molar refractivity (Wildman–Crippen MR) is 76.8 cm³/mol. The molecule has 1 aromatic rings. The van der Waals surface area contributed by atoms with Crippen LogP contribution >= 0.6 is 15.9 Å². The number of carbonyl (C=O) groups excluding carboxylic acids is 2. The molecule has 0 saturated heterocycles. The molecule has 1 aromatic carbocycles. The molecule has 0 aliphatic heterocycles. The lowest BCUT2D eigenvalue weighted by Gasteiger charge is -2.15. The Morgan fingerprint density at radius 1 is 1.26 bits per heavy atom. The van der Waals surface area contributed by atoms with Gasteiger partial charge in [-0.15, -0.1) is 0 Å². The van der Waals surface area contributed by atoms with Crippen molar-refractivity contribution >= 4 is 27.8 Å². The monoisotopic (exact) mass is 327 g/mol. The molecule has 1 rings (SSSR count). The molecule has 0 radical (unpaired) electrons. The second-order valence-corrected chi connectivity index (χ2v) is 5.03. The van der Waals surface area contributed by atoms with Gasteiger partial charge in [0.1, 0.15) is 12.6 Å². The molecular formula is C14H18BrNO3. The fourth-order valence-corrected chi connectivity index (χ4v) is 1.63. The van der Waals surface area contributed by atoms with Gasteiger partial charge in [0.2, 0.25) is 5.91 Å². The Morgan fingerprint density at radius 3 is 2.47 bits per heavy atom. The number of hydrogen-bond donors (Lipinski definition) is 1. The van der Waals surface area contributed by atoms with Gasteiger partial charge in [0.25, 0.3) is 0 Å². The molecule has 0 heterocycles. The summed E-state index contributed by atoms with van der Waals surface area (Å²) >= 11 is 3.23. The summed E-state index contributed by atoms with van der Waals surface area (Å²) in [5.74, 6) is -0.774. The number of esters is 1. The van der Waals surface area contributed by atoms with Crippen molar-refractivity contribution in [2.75, 3.05) is 5.33 Å². The fourth-order valence-electron chi connectivity index (χ4n) is 1.34. The molecule has 1 N–H and O–H groups in total. The third-order valence-electron chi connectivity index (χ3n) is 2.62. The Labute approximate surface area is 121 Å². The van der Waals surface area contributed by atoms with Crippen molar-refractivity contribution in [2.24, 2.45) is 5.92 Å². The van der Waals surface area contributed by atoms with E-state index in [0.717, 1.165) is 5.56 Å². The van der Waals surface area contributed by atoms with Crippen molar-refractivity contribution in [1.29, 1.82) is 0 Å². The Morgan fingerprint density at radius 2 is 1.89 bits per heavy atom. The van der Waals surface area contributed by atoms with Crippen LogP contribution < -0.4 is 5.32 Å². The van der Waals surface area contributed by atoms with Gasteiger partial charge in [0, 0.05) is 11.2 Å². The number of nitrogens with one attached hydrogen (secondary N) is 1. The number of ether oxygens (including phenoxy) is 1. The van der Waals surface area contributed by atoms with Crippen molar-refractivity contribution in [2.45, 2.75) is 26.5 Å². The number of benzene rings is 1. The van der Waals surface area contributed by atoms with E-state index in [2.05, 4.69) is 21.2 Å². The van der Waals surface area contributed by atoms with Crippen molar-refractivity contribution in [1.82, 2.24) is 5.32 Å². The summed E-state index contributed by atoms with van der Waals surface area (Å²) in [6, 6.07) is 8.78. The van der Waals surface area contributed by atoms with Crippen LogP contribution in [0.3, 0.4) is 0 Å². The molecule has 4 nitrogen and oxygen atoms in total. The smallest absolute Gasteiger partial charge is 0.328 e. The number of carbonyl (C=O) groups is 2. The van der Waals surface area contributed by atoms with Crippen LogP contribution in [-0.4, -0.2) is 23.2 Å². The van der Waals surface area contributed by atoms with Gasteiger partial charge in [-0.25, -0.2) is 4.79 Å². The van der Waals surface area contributed by atoms with Crippen LogP contribution in [0.2, 0.25) is 0 Å². The van der Waals surface area contributed by atoms with Crippen LogP contribution in [0.5, 0.6) is 0 Å². The average Bonchev–Trinajstić information content (AvgIpc) is 2.44. The van der Waals surface area contributed by atoms with E-state index in [9.17, 15) is 9.59 Å². The third kappa shape index (κ3) is 5.42. The summed E-state index contributed by atoms with van der Waals surface area (Å²) in [6.07, 6.45) is 0. The minimum Gasteiger partial charge on any atom is -0.459 e. The molecule has 0 aliphatic carbocycles. The average molecular weight is 328 g/mol. The molecule has 1 amide bonds. The maximum Gasteiger partial charge on any atom is 0.328 e. The van der Waals surface area contributed by atoms with Gasteiger partial charge in [0.15, 0.2) is 0 Å². The lowest BCUT2D eigenvalue weighted by molar-refractivity contribution is -0.148. The number of alkyl halides is 1.